The van der Waals surface area contributed by atoms with Gasteiger partial charge in [0.25, 0.3) is 0 Å². The van der Waals surface area contributed by atoms with Crippen LogP contribution in [0.3, 0.4) is 0 Å². The number of piperidine rings is 1. The summed E-state index contributed by atoms with van der Waals surface area (Å²) in [6.07, 6.45) is 3.83. The highest BCUT2D eigenvalue weighted by Gasteiger charge is 2.26. The number of carbonyl (C=O) groups excluding carboxylic acids is 2. The number of benzene rings is 1. The van der Waals surface area contributed by atoms with Gasteiger partial charge in [0.1, 0.15) is 0 Å². The van der Waals surface area contributed by atoms with Crippen molar-refractivity contribution in [2.75, 3.05) is 19.6 Å². The zero-order chi connectivity index (χ0) is 19.9. The van der Waals surface area contributed by atoms with E-state index in [0.29, 0.717) is 25.3 Å². The van der Waals surface area contributed by atoms with Crippen LogP contribution in [0.15, 0.2) is 29.6 Å². The van der Waals surface area contributed by atoms with Crippen molar-refractivity contribution in [3.05, 3.63) is 51.5 Å². The van der Waals surface area contributed by atoms with Crippen LogP contribution in [0, 0.1) is 6.92 Å². The molecule has 1 aliphatic heterocycles. The molecule has 0 spiro atoms. The van der Waals surface area contributed by atoms with Crippen LogP contribution in [0.5, 0.6) is 0 Å². The Bertz CT molecular complexity index is 800. The highest BCUT2D eigenvalue weighted by molar-refractivity contribution is 7.09. The van der Waals surface area contributed by atoms with E-state index in [4.69, 9.17) is 4.98 Å². The van der Waals surface area contributed by atoms with Gasteiger partial charge in [-0.1, -0.05) is 36.8 Å². The van der Waals surface area contributed by atoms with Gasteiger partial charge in [0, 0.05) is 43.8 Å². The van der Waals surface area contributed by atoms with Crippen LogP contribution in [-0.4, -0.2) is 41.3 Å². The van der Waals surface area contributed by atoms with Gasteiger partial charge in [-0.2, -0.15) is 0 Å². The SMILES string of the molecule is CCC(=O)NCCc1csc([C@@H]2CCCN(C(=O)Cc3ccc(C)cc3)C2)n1. The number of aryl methyl sites for hydroxylation is 1. The van der Waals surface area contributed by atoms with Crippen LogP contribution in [0.25, 0.3) is 0 Å². The Morgan fingerprint density at radius 3 is 2.82 bits per heavy atom. The second-order valence-corrected chi connectivity index (χ2v) is 8.36. The fourth-order valence-corrected chi connectivity index (χ4v) is 4.46. The molecular formula is C22H29N3O2S. The molecule has 2 heterocycles. The third-order valence-electron chi connectivity index (χ3n) is 5.19. The Morgan fingerprint density at radius 2 is 2.07 bits per heavy atom. The summed E-state index contributed by atoms with van der Waals surface area (Å²) in [6.45, 7) is 6.13. The lowest BCUT2D eigenvalue weighted by Gasteiger charge is -2.32. The molecule has 1 N–H and O–H groups in total. The molecule has 1 aromatic carbocycles. The number of amides is 2. The standard InChI is InChI=1S/C22H29N3O2S/c1-3-20(26)23-11-10-19-15-28-22(24-19)18-5-4-12-25(14-18)21(27)13-17-8-6-16(2)7-9-17/h6-9,15,18H,3-5,10-14H2,1-2H3,(H,23,26)/t18-/m1/s1. The lowest BCUT2D eigenvalue weighted by Crippen LogP contribution is -2.39. The van der Waals surface area contributed by atoms with Gasteiger partial charge in [-0.05, 0) is 25.3 Å². The number of carbonyl (C=O) groups is 2. The smallest absolute Gasteiger partial charge is 0.227 e. The average Bonchev–Trinajstić information content (AvgIpc) is 3.18. The first-order valence-electron chi connectivity index (χ1n) is 10.1. The van der Waals surface area contributed by atoms with Crippen molar-refractivity contribution >= 4 is 23.2 Å². The van der Waals surface area contributed by atoms with Gasteiger partial charge in [-0.3, -0.25) is 9.59 Å². The summed E-state index contributed by atoms with van der Waals surface area (Å²) in [5, 5.41) is 6.09. The molecule has 2 amide bonds. The lowest BCUT2D eigenvalue weighted by atomic mass is 9.98. The number of thiazole rings is 1. The molecule has 28 heavy (non-hydrogen) atoms. The van der Waals surface area contributed by atoms with Gasteiger partial charge in [0.2, 0.25) is 11.8 Å². The molecule has 0 radical (unpaired) electrons. The number of nitrogens with one attached hydrogen (secondary N) is 1. The molecule has 1 atom stereocenters. The summed E-state index contributed by atoms with van der Waals surface area (Å²) >= 11 is 1.68. The third-order valence-corrected chi connectivity index (χ3v) is 6.25. The molecule has 5 nitrogen and oxygen atoms in total. The van der Waals surface area contributed by atoms with Crippen molar-refractivity contribution in [2.45, 2.75) is 51.9 Å². The summed E-state index contributed by atoms with van der Waals surface area (Å²) in [6, 6.07) is 8.20. The first kappa shape index (κ1) is 20.5. The third kappa shape index (κ3) is 5.64. The number of rotatable bonds is 7. The zero-order valence-electron chi connectivity index (χ0n) is 16.7. The quantitative estimate of drug-likeness (QED) is 0.775. The van der Waals surface area contributed by atoms with Crippen LogP contribution in [-0.2, 0) is 22.4 Å². The second-order valence-electron chi connectivity index (χ2n) is 7.47. The summed E-state index contributed by atoms with van der Waals surface area (Å²) in [5.74, 6) is 0.595. The molecule has 6 heteroatoms. The Balaban J connectivity index is 1.53. The molecule has 1 fully saturated rings. The largest absolute Gasteiger partial charge is 0.356 e. The maximum absolute atomic E-state index is 12.7. The van der Waals surface area contributed by atoms with Gasteiger partial charge in [-0.25, -0.2) is 4.98 Å². The topological polar surface area (TPSA) is 62.3 Å². The van der Waals surface area contributed by atoms with Crippen LogP contribution in [0.1, 0.15) is 53.9 Å². The van der Waals surface area contributed by atoms with E-state index in [9.17, 15) is 9.59 Å². The highest BCUT2D eigenvalue weighted by atomic mass is 32.1. The molecule has 1 saturated heterocycles. The molecule has 0 unspecified atom stereocenters. The molecular weight excluding hydrogens is 370 g/mol. The van der Waals surface area contributed by atoms with Crippen molar-refractivity contribution in [3.8, 4) is 0 Å². The summed E-state index contributed by atoms with van der Waals surface area (Å²) in [4.78, 5) is 30.8. The van der Waals surface area contributed by atoms with E-state index in [0.717, 1.165) is 48.6 Å². The number of aromatic nitrogens is 1. The fraction of sp³-hybridized carbons (Fsp3) is 0.500. The van der Waals surface area contributed by atoms with E-state index in [1.54, 1.807) is 11.3 Å². The van der Waals surface area contributed by atoms with Crippen LogP contribution >= 0.6 is 11.3 Å². The fourth-order valence-electron chi connectivity index (χ4n) is 3.48. The first-order chi connectivity index (χ1) is 13.5. The van der Waals surface area contributed by atoms with Crippen LogP contribution < -0.4 is 5.32 Å². The van der Waals surface area contributed by atoms with Crippen LogP contribution in [0.2, 0.25) is 0 Å². The normalized spacial score (nSPS) is 16.8. The predicted octanol–water partition coefficient (Wildman–Crippen LogP) is 3.47. The molecule has 3 rings (SSSR count). The summed E-state index contributed by atoms with van der Waals surface area (Å²) < 4.78 is 0. The Labute approximate surface area is 171 Å². The van der Waals surface area contributed by atoms with E-state index < -0.39 is 0 Å². The van der Waals surface area contributed by atoms with Crippen molar-refractivity contribution in [2.24, 2.45) is 0 Å². The minimum absolute atomic E-state index is 0.0745. The number of nitrogens with zero attached hydrogens (tertiary/aromatic N) is 2. The monoisotopic (exact) mass is 399 g/mol. The zero-order valence-corrected chi connectivity index (χ0v) is 17.6. The van der Waals surface area contributed by atoms with E-state index >= 15 is 0 Å². The van der Waals surface area contributed by atoms with E-state index in [2.05, 4.69) is 29.8 Å². The molecule has 0 saturated carbocycles. The molecule has 0 aliphatic carbocycles. The Morgan fingerprint density at radius 1 is 1.29 bits per heavy atom. The predicted molar refractivity (Wildman–Crippen MR) is 113 cm³/mol. The molecule has 2 aromatic rings. The van der Waals surface area contributed by atoms with Crippen molar-refractivity contribution in [1.29, 1.82) is 0 Å². The average molecular weight is 400 g/mol. The van der Waals surface area contributed by atoms with Crippen molar-refractivity contribution in [3.63, 3.8) is 0 Å². The summed E-state index contributed by atoms with van der Waals surface area (Å²) in [5.41, 5.74) is 3.31. The molecule has 1 aromatic heterocycles. The van der Waals surface area contributed by atoms with Crippen molar-refractivity contribution in [1.82, 2.24) is 15.2 Å². The lowest BCUT2D eigenvalue weighted by molar-refractivity contribution is -0.131. The highest BCUT2D eigenvalue weighted by Crippen LogP contribution is 2.29. The maximum Gasteiger partial charge on any atom is 0.227 e. The molecule has 1 aliphatic rings. The van der Waals surface area contributed by atoms with Crippen molar-refractivity contribution < 1.29 is 9.59 Å². The van der Waals surface area contributed by atoms with Crippen LogP contribution in [0.4, 0.5) is 0 Å². The molecule has 0 bridgehead atoms. The first-order valence-corrected chi connectivity index (χ1v) is 11.0. The Hall–Kier alpha value is -2.21. The number of hydrogen-bond donors (Lipinski definition) is 1. The number of likely N-dealkylation sites (tertiary alicyclic amines) is 1. The Kier molecular flexibility index (Phi) is 7.20. The minimum Gasteiger partial charge on any atom is -0.356 e. The minimum atomic E-state index is 0.0745. The second kappa shape index (κ2) is 9.82. The van der Waals surface area contributed by atoms with Gasteiger partial charge in [0.05, 0.1) is 17.1 Å². The molecule has 150 valence electrons. The van der Waals surface area contributed by atoms with Gasteiger partial charge >= 0.3 is 0 Å². The number of hydrogen-bond acceptors (Lipinski definition) is 4. The van der Waals surface area contributed by atoms with Gasteiger partial charge in [-0.15, -0.1) is 11.3 Å². The van der Waals surface area contributed by atoms with E-state index in [1.807, 2.05) is 24.0 Å². The van der Waals surface area contributed by atoms with Gasteiger partial charge in [0.15, 0.2) is 0 Å². The van der Waals surface area contributed by atoms with Gasteiger partial charge < -0.3 is 10.2 Å². The summed E-state index contributed by atoms with van der Waals surface area (Å²) in [7, 11) is 0. The van der Waals surface area contributed by atoms with E-state index in [-0.39, 0.29) is 11.8 Å². The van der Waals surface area contributed by atoms with E-state index in [1.165, 1.54) is 5.56 Å². The maximum atomic E-state index is 12.7.